The molecule has 0 atom stereocenters. The number of hydrogen-bond donors (Lipinski definition) is 1. The summed E-state index contributed by atoms with van der Waals surface area (Å²) in [7, 11) is 0. The fourth-order valence-corrected chi connectivity index (χ4v) is 2.87. The number of aromatic nitrogens is 2. The number of nitrogens with two attached hydrogens (primary N) is 1. The zero-order valence-electron chi connectivity index (χ0n) is 12.8. The van der Waals surface area contributed by atoms with E-state index in [1.807, 2.05) is 23.1 Å². The third kappa shape index (κ3) is 3.01. The predicted molar refractivity (Wildman–Crippen MR) is 86.1 cm³/mol. The first-order valence-corrected chi connectivity index (χ1v) is 7.66. The highest BCUT2D eigenvalue weighted by atomic mass is 16.2. The lowest BCUT2D eigenvalue weighted by Crippen LogP contribution is -2.49. The number of benzene rings is 1. The Kier molecular flexibility index (Phi) is 4.20. The molecule has 0 spiro atoms. The van der Waals surface area contributed by atoms with E-state index in [0.717, 1.165) is 42.5 Å². The molecule has 22 heavy (non-hydrogen) atoms. The second-order valence-corrected chi connectivity index (χ2v) is 5.70. The highest BCUT2D eigenvalue weighted by Crippen LogP contribution is 2.19. The van der Waals surface area contributed by atoms with Crippen LogP contribution in [-0.4, -0.2) is 51.9 Å². The monoisotopic (exact) mass is 299 g/mol. The summed E-state index contributed by atoms with van der Waals surface area (Å²) in [6, 6.07) is 5.91. The van der Waals surface area contributed by atoms with Crippen LogP contribution in [-0.2, 0) is 11.3 Å². The molecule has 6 heteroatoms. The van der Waals surface area contributed by atoms with Crippen LogP contribution in [0.4, 0.5) is 5.82 Å². The summed E-state index contributed by atoms with van der Waals surface area (Å²) in [5, 5.41) is 0.852. The van der Waals surface area contributed by atoms with E-state index in [-0.39, 0.29) is 5.91 Å². The number of anilines is 1. The van der Waals surface area contributed by atoms with Crippen LogP contribution in [0.5, 0.6) is 0 Å². The Morgan fingerprint density at radius 1 is 1.27 bits per heavy atom. The second-order valence-electron chi connectivity index (χ2n) is 5.70. The van der Waals surface area contributed by atoms with Crippen molar-refractivity contribution in [3.63, 3.8) is 0 Å². The Bertz CT molecular complexity index is 687. The Labute approximate surface area is 129 Å². The van der Waals surface area contributed by atoms with E-state index in [0.29, 0.717) is 18.9 Å². The van der Waals surface area contributed by atoms with Gasteiger partial charge in [-0.15, -0.1) is 0 Å². The molecule has 0 bridgehead atoms. The SMILES string of the molecule is CCCN1CCN(Cc2ccc3c(N)ncnc3c2)C(=O)C1. The van der Waals surface area contributed by atoms with Crippen molar-refractivity contribution < 1.29 is 4.79 Å². The number of carbonyl (C=O) groups is 1. The molecule has 2 aromatic rings. The minimum absolute atomic E-state index is 0.196. The van der Waals surface area contributed by atoms with E-state index < -0.39 is 0 Å². The van der Waals surface area contributed by atoms with Crippen molar-refractivity contribution in [2.75, 3.05) is 31.9 Å². The molecular weight excluding hydrogens is 278 g/mol. The van der Waals surface area contributed by atoms with Crippen molar-refractivity contribution in [2.24, 2.45) is 0 Å². The van der Waals surface area contributed by atoms with E-state index in [4.69, 9.17) is 5.73 Å². The van der Waals surface area contributed by atoms with Gasteiger partial charge >= 0.3 is 0 Å². The zero-order chi connectivity index (χ0) is 15.5. The molecule has 2 N–H and O–H groups in total. The molecule has 116 valence electrons. The summed E-state index contributed by atoms with van der Waals surface area (Å²) < 4.78 is 0. The molecule has 0 radical (unpaired) electrons. The number of nitrogens with zero attached hydrogens (tertiary/aromatic N) is 4. The largest absolute Gasteiger partial charge is 0.383 e. The van der Waals surface area contributed by atoms with E-state index >= 15 is 0 Å². The molecule has 1 aromatic carbocycles. The molecule has 1 amide bonds. The van der Waals surface area contributed by atoms with Crippen LogP contribution in [0.15, 0.2) is 24.5 Å². The number of carbonyl (C=O) groups excluding carboxylic acids is 1. The number of rotatable bonds is 4. The van der Waals surface area contributed by atoms with Gasteiger partial charge in [-0.25, -0.2) is 9.97 Å². The van der Waals surface area contributed by atoms with E-state index in [2.05, 4.69) is 21.8 Å². The Morgan fingerprint density at radius 2 is 2.14 bits per heavy atom. The van der Waals surface area contributed by atoms with Crippen molar-refractivity contribution >= 4 is 22.6 Å². The quantitative estimate of drug-likeness (QED) is 0.920. The van der Waals surface area contributed by atoms with Gasteiger partial charge in [-0.1, -0.05) is 13.0 Å². The van der Waals surface area contributed by atoms with E-state index in [1.165, 1.54) is 6.33 Å². The van der Waals surface area contributed by atoms with Crippen LogP contribution in [0.3, 0.4) is 0 Å². The lowest BCUT2D eigenvalue weighted by molar-refractivity contribution is -0.136. The van der Waals surface area contributed by atoms with Gasteiger partial charge in [0.1, 0.15) is 12.1 Å². The third-order valence-corrected chi connectivity index (χ3v) is 4.04. The van der Waals surface area contributed by atoms with Gasteiger partial charge in [0.25, 0.3) is 0 Å². The van der Waals surface area contributed by atoms with Crippen molar-refractivity contribution in [1.29, 1.82) is 0 Å². The third-order valence-electron chi connectivity index (χ3n) is 4.04. The molecule has 0 aliphatic carbocycles. The smallest absolute Gasteiger partial charge is 0.237 e. The van der Waals surface area contributed by atoms with Crippen molar-refractivity contribution in [1.82, 2.24) is 19.8 Å². The van der Waals surface area contributed by atoms with Gasteiger partial charge in [0.05, 0.1) is 12.1 Å². The van der Waals surface area contributed by atoms with Gasteiger partial charge in [0, 0.05) is 25.0 Å². The van der Waals surface area contributed by atoms with Crippen LogP contribution in [0.25, 0.3) is 10.9 Å². The second kappa shape index (κ2) is 6.27. The maximum atomic E-state index is 12.2. The first-order chi connectivity index (χ1) is 10.7. The van der Waals surface area contributed by atoms with Crippen LogP contribution >= 0.6 is 0 Å². The van der Waals surface area contributed by atoms with Crippen molar-refractivity contribution in [3.8, 4) is 0 Å². The molecule has 1 aliphatic heterocycles. The van der Waals surface area contributed by atoms with Crippen LogP contribution in [0, 0.1) is 0 Å². The van der Waals surface area contributed by atoms with Gasteiger partial charge in [-0.3, -0.25) is 9.69 Å². The topological polar surface area (TPSA) is 75.3 Å². The molecule has 1 fully saturated rings. The maximum Gasteiger partial charge on any atom is 0.237 e. The van der Waals surface area contributed by atoms with Crippen molar-refractivity contribution in [3.05, 3.63) is 30.1 Å². The summed E-state index contributed by atoms with van der Waals surface area (Å²) >= 11 is 0. The number of amides is 1. The minimum atomic E-state index is 0.196. The zero-order valence-corrected chi connectivity index (χ0v) is 12.8. The van der Waals surface area contributed by atoms with Gasteiger partial charge < -0.3 is 10.6 Å². The van der Waals surface area contributed by atoms with Crippen LogP contribution < -0.4 is 5.73 Å². The Morgan fingerprint density at radius 3 is 2.91 bits per heavy atom. The number of hydrogen-bond acceptors (Lipinski definition) is 5. The molecular formula is C16H21N5O. The molecule has 1 aromatic heterocycles. The summed E-state index contributed by atoms with van der Waals surface area (Å²) in [5.41, 5.74) is 7.73. The average molecular weight is 299 g/mol. The fourth-order valence-electron chi connectivity index (χ4n) is 2.87. The maximum absolute atomic E-state index is 12.2. The molecule has 0 saturated carbocycles. The standard InChI is InChI=1S/C16H21N5O/c1-2-5-20-6-7-21(15(22)10-20)9-12-3-4-13-14(8-12)18-11-19-16(13)17/h3-4,8,11H,2,5-7,9-10H2,1H3,(H2,17,18,19). The molecule has 6 nitrogen and oxygen atoms in total. The highest BCUT2D eigenvalue weighted by molar-refractivity contribution is 5.88. The average Bonchev–Trinajstić information content (AvgIpc) is 2.50. The van der Waals surface area contributed by atoms with Crippen LogP contribution in [0.1, 0.15) is 18.9 Å². The molecule has 3 rings (SSSR count). The Hall–Kier alpha value is -2.21. The number of nitrogen functional groups attached to an aromatic ring is 1. The van der Waals surface area contributed by atoms with Gasteiger partial charge in [0.2, 0.25) is 5.91 Å². The fraction of sp³-hybridized carbons (Fsp3) is 0.438. The predicted octanol–water partition coefficient (Wildman–Crippen LogP) is 1.27. The summed E-state index contributed by atoms with van der Waals surface area (Å²) in [5.74, 6) is 0.683. The van der Waals surface area contributed by atoms with Crippen molar-refractivity contribution in [2.45, 2.75) is 19.9 Å². The molecule has 1 aliphatic rings. The highest BCUT2D eigenvalue weighted by Gasteiger charge is 2.23. The lowest BCUT2D eigenvalue weighted by atomic mass is 10.1. The molecule has 2 heterocycles. The summed E-state index contributed by atoms with van der Waals surface area (Å²) in [6.07, 6.45) is 2.55. The number of fused-ring (bicyclic) bond motifs is 1. The first-order valence-electron chi connectivity index (χ1n) is 7.66. The first kappa shape index (κ1) is 14.7. The Balaban J connectivity index is 1.72. The van der Waals surface area contributed by atoms with Gasteiger partial charge in [0.15, 0.2) is 0 Å². The number of piperazine rings is 1. The molecule has 0 unspecified atom stereocenters. The minimum Gasteiger partial charge on any atom is -0.383 e. The molecule has 1 saturated heterocycles. The normalized spacial score (nSPS) is 16.4. The van der Waals surface area contributed by atoms with Crippen LogP contribution in [0.2, 0.25) is 0 Å². The summed E-state index contributed by atoms with van der Waals surface area (Å²) in [4.78, 5) is 24.6. The summed E-state index contributed by atoms with van der Waals surface area (Å²) in [6.45, 7) is 6.01. The van der Waals surface area contributed by atoms with E-state index in [1.54, 1.807) is 0 Å². The van der Waals surface area contributed by atoms with Gasteiger partial charge in [-0.05, 0) is 30.7 Å². The van der Waals surface area contributed by atoms with Gasteiger partial charge in [-0.2, -0.15) is 0 Å². The lowest BCUT2D eigenvalue weighted by Gasteiger charge is -2.34. The van der Waals surface area contributed by atoms with E-state index in [9.17, 15) is 4.79 Å².